The van der Waals surface area contributed by atoms with E-state index in [0.717, 1.165) is 12.1 Å². The van der Waals surface area contributed by atoms with Gasteiger partial charge in [0.15, 0.2) is 5.11 Å². The van der Waals surface area contributed by atoms with Crippen LogP contribution in [0.5, 0.6) is 0 Å². The van der Waals surface area contributed by atoms with E-state index in [1.165, 1.54) is 5.56 Å². The number of rotatable bonds is 5. The van der Waals surface area contributed by atoms with Gasteiger partial charge in [-0.05, 0) is 31.6 Å². The monoisotopic (exact) mass is 301 g/mol. The Hall–Kier alpha value is -2.21. The second-order valence-electron chi connectivity index (χ2n) is 4.96. The average Bonchev–Trinajstić information content (AvgIpc) is 2.86. The Bertz CT molecular complexity index is 604. The summed E-state index contributed by atoms with van der Waals surface area (Å²) in [5.41, 5.74) is 4.91. The third-order valence-electron chi connectivity index (χ3n) is 2.64. The Balaban J connectivity index is 1.87. The zero-order chi connectivity index (χ0) is 15.1. The van der Waals surface area contributed by atoms with Gasteiger partial charge >= 0.3 is 0 Å². The third-order valence-corrected chi connectivity index (χ3v) is 2.85. The molecule has 6 heteroatoms. The van der Waals surface area contributed by atoms with E-state index in [1.54, 1.807) is 12.4 Å². The molecule has 21 heavy (non-hydrogen) atoms. The van der Waals surface area contributed by atoms with Gasteiger partial charge in [0, 0.05) is 17.8 Å². The van der Waals surface area contributed by atoms with E-state index in [-0.39, 0.29) is 6.04 Å². The standard InChI is InChI=1S/C15H19N5S/c1-12(2)18-15(21)19-16-8-14-9-17-20(11-14)10-13-6-4-3-5-7-13/h3-9,11-12H,10H2,1-2H3,(H2,18,19,21)/b16-8-. The van der Waals surface area contributed by atoms with Gasteiger partial charge in [-0.15, -0.1) is 0 Å². The summed E-state index contributed by atoms with van der Waals surface area (Å²) in [6, 6.07) is 10.5. The summed E-state index contributed by atoms with van der Waals surface area (Å²) in [5, 5.41) is 12.0. The Morgan fingerprint density at radius 3 is 2.86 bits per heavy atom. The van der Waals surface area contributed by atoms with Gasteiger partial charge in [0.2, 0.25) is 0 Å². The molecule has 0 saturated heterocycles. The van der Waals surface area contributed by atoms with Crippen molar-refractivity contribution in [2.24, 2.45) is 5.10 Å². The van der Waals surface area contributed by atoms with E-state index in [9.17, 15) is 0 Å². The molecule has 0 radical (unpaired) electrons. The molecule has 110 valence electrons. The summed E-state index contributed by atoms with van der Waals surface area (Å²) in [6.45, 7) is 4.78. The second kappa shape index (κ2) is 7.54. The molecule has 0 atom stereocenters. The molecule has 2 N–H and O–H groups in total. The molecule has 1 heterocycles. The highest BCUT2D eigenvalue weighted by atomic mass is 32.1. The van der Waals surface area contributed by atoms with Crippen LogP contribution in [0.15, 0.2) is 47.8 Å². The maximum absolute atomic E-state index is 5.08. The van der Waals surface area contributed by atoms with Gasteiger partial charge in [0.1, 0.15) is 0 Å². The first-order chi connectivity index (χ1) is 10.1. The van der Waals surface area contributed by atoms with Crippen molar-refractivity contribution >= 4 is 23.5 Å². The highest BCUT2D eigenvalue weighted by Gasteiger charge is 1.98. The number of nitrogens with one attached hydrogen (secondary N) is 2. The van der Waals surface area contributed by atoms with Crippen LogP contribution in [0, 0.1) is 0 Å². The molecule has 5 nitrogen and oxygen atoms in total. The van der Waals surface area contributed by atoms with Crippen molar-refractivity contribution in [3.05, 3.63) is 53.9 Å². The smallest absolute Gasteiger partial charge is 0.187 e. The van der Waals surface area contributed by atoms with Gasteiger partial charge in [0.25, 0.3) is 0 Å². The first kappa shape index (κ1) is 15.2. The predicted octanol–water partition coefficient (Wildman–Crippen LogP) is 2.14. The maximum atomic E-state index is 5.08. The zero-order valence-electron chi connectivity index (χ0n) is 12.2. The van der Waals surface area contributed by atoms with Gasteiger partial charge < -0.3 is 5.32 Å². The Morgan fingerprint density at radius 1 is 1.38 bits per heavy atom. The molecule has 0 spiro atoms. The highest BCUT2D eigenvalue weighted by molar-refractivity contribution is 7.80. The summed E-state index contributed by atoms with van der Waals surface area (Å²) >= 11 is 5.08. The SMILES string of the molecule is CC(C)NC(=S)N/N=C\c1cnn(Cc2ccccc2)c1. The number of thiocarbonyl (C=S) groups is 1. The molecule has 0 aliphatic heterocycles. The normalized spacial score (nSPS) is 11.0. The van der Waals surface area contributed by atoms with E-state index in [1.807, 2.05) is 42.9 Å². The molecule has 1 aromatic heterocycles. The fourth-order valence-corrected chi connectivity index (χ4v) is 2.05. The quantitative estimate of drug-likeness (QED) is 0.505. The summed E-state index contributed by atoms with van der Waals surface area (Å²) in [4.78, 5) is 0. The van der Waals surface area contributed by atoms with E-state index < -0.39 is 0 Å². The van der Waals surface area contributed by atoms with Crippen molar-refractivity contribution in [3.63, 3.8) is 0 Å². The van der Waals surface area contributed by atoms with Crippen LogP contribution in [0.25, 0.3) is 0 Å². The van der Waals surface area contributed by atoms with E-state index >= 15 is 0 Å². The summed E-state index contributed by atoms with van der Waals surface area (Å²) < 4.78 is 1.88. The molecule has 1 aromatic carbocycles. The zero-order valence-corrected chi connectivity index (χ0v) is 13.0. The van der Waals surface area contributed by atoms with Crippen molar-refractivity contribution < 1.29 is 0 Å². The van der Waals surface area contributed by atoms with Crippen molar-refractivity contribution in [2.45, 2.75) is 26.4 Å². The van der Waals surface area contributed by atoms with Gasteiger partial charge in [-0.3, -0.25) is 10.1 Å². The highest BCUT2D eigenvalue weighted by Crippen LogP contribution is 2.02. The first-order valence-electron chi connectivity index (χ1n) is 6.79. The van der Waals surface area contributed by atoms with Gasteiger partial charge in [-0.25, -0.2) is 0 Å². The molecule has 0 amide bonds. The molecular formula is C15H19N5S. The third kappa shape index (κ3) is 5.35. The number of hydrogen-bond acceptors (Lipinski definition) is 3. The topological polar surface area (TPSA) is 54.2 Å². The van der Waals surface area contributed by atoms with Crippen LogP contribution < -0.4 is 10.7 Å². The lowest BCUT2D eigenvalue weighted by Crippen LogP contribution is -2.36. The second-order valence-corrected chi connectivity index (χ2v) is 5.36. The van der Waals surface area contributed by atoms with Crippen molar-refractivity contribution in [1.29, 1.82) is 0 Å². The molecule has 0 unspecified atom stereocenters. The first-order valence-corrected chi connectivity index (χ1v) is 7.20. The van der Waals surface area contributed by atoms with Gasteiger partial charge in [0.05, 0.1) is 19.0 Å². The molecule has 2 aromatic rings. The Morgan fingerprint density at radius 2 is 2.14 bits per heavy atom. The number of aromatic nitrogens is 2. The molecule has 0 aliphatic rings. The molecule has 2 rings (SSSR count). The summed E-state index contributed by atoms with van der Waals surface area (Å²) in [6.07, 6.45) is 5.41. The average molecular weight is 301 g/mol. The molecule has 0 bridgehead atoms. The van der Waals surface area contributed by atoms with Crippen molar-refractivity contribution in [3.8, 4) is 0 Å². The number of nitrogens with zero attached hydrogens (tertiary/aromatic N) is 3. The molecule has 0 aliphatic carbocycles. The fourth-order valence-electron chi connectivity index (χ4n) is 1.76. The van der Waals surface area contributed by atoms with Crippen LogP contribution in [0.3, 0.4) is 0 Å². The van der Waals surface area contributed by atoms with E-state index in [4.69, 9.17) is 12.2 Å². The van der Waals surface area contributed by atoms with Crippen molar-refractivity contribution in [1.82, 2.24) is 20.5 Å². The Kier molecular flexibility index (Phi) is 5.45. The summed E-state index contributed by atoms with van der Waals surface area (Å²) in [7, 11) is 0. The van der Waals surface area contributed by atoms with Crippen LogP contribution in [0.2, 0.25) is 0 Å². The largest absolute Gasteiger partial charge is 0.359 e. The summed E-state index contributed by atoms with van der Waals surface area (Å²) in [5.74, 6) is 0. The van der Waals surface area contributed by atoms with Crippen LogP contribution in [0.1, 0.15) is 25.0 Å². The number of hydrazone groups is 1. The Labute approximate surface area is 130 Å². The van der Waals surface area contributed by atoms with Gasteiger partial charge in [-0.1, -0.05) is 30.3 Å². The minimum atomic E-state index is 0.286. The lowest BCUT2D eigenvalue weighted by Gasteiger charge is -2.09. The molecule has 0 saturated carbocycles. The van der Waals surface area contributed by atoms with E-state index in [2.05, 4.69) is 33.1 Å². The molecule has 0 fully saturated rings. The van der Waals surface area contributed by atoms with Crippen molar-refractivity contribution in [2.75, 3.05) is 0 Å². The number of benzene rings is 1. The van der Waals surface area contributed by atoms with Crippen LogP contribution in [-0.2, 0) is 6.54 Å². The predicted molar refractivity (Wildman–Crippen MR) is 89.4 cm³/mol. The minimum absolute atomic E-state index is 0.286. The molecular weight excluding hydrogens is 282 g/mol. The van der Waals surface area contributed by atoms with Crippen LogP contribution in [0.4, 0.5) is 0 Å². The lowest BCUT2D eigenvalue weighted by molar-refractivity contribution is 0.687. The van der Waals surface area contributed by atoms with E-state index in [0.29, 0.717) is 5.11 Å². The lowest BCUT2D eigenvalue weighted by atomic mass is 10.2. The van der Waals surface area contributed by atoms with Gasteiger partial charge in [-0.2, -0.15) is 10.2 Å². The fraction of sp³-hybridized carbons (Fsp3) is 0.267. The van der Waals surface area contributed by atoms with Crippen LogP contribution >= 0.6 is 12.2 Å². The minimum Gasteiger partial charge on any atom is -0.359 e. The number of hydrogen-bond donors (Lipinski definition) is 2. The maximum Gasteiger partial charge on any atom is 0.187 e. The van der Waals surface area contributed by atoms with Crippen LogP contribution in [-0.4, -0.2) is 27.1 Å².